The number of aliphatic hydroxyl groups is 1. The molecule has 64 heavy (non-hydrogen) atoms. The van der Waals surface area contributed by atoms with E-state index in [1.807, 2.05) is 27.2 Å². The number of phosphoric ester groups is 1. The van der Waals surface area contributed by atoms with Crippen molar-refractivity contribution in [2.75, 3.05) is 40.9 Å². The van der Waals surface area contributed by atoms with Crippen molar-refractivity contribution in [2.45, 2.75) is 296 Å². The van der Waals surface area contributed by atoms with Gasteiger partial charge in [0.15, 0.2) is 0 Å². The molecule has 9 heteroatoms. The van der Waals surface area contributed by atoms with E-state index in [-0.39, 0.29) is 19.1 Å². The lowest BCUT2D eigenvalue weighted by Crippen LogP contribution is -2.45. The maximum atomic E-state index is 12.9. The molecular formula is C55H111N2O6P. The van der Waals surface area contributed by atoms with Crippen molar-refractivity contribution in [2.24, 2.45) is 0 Å². The SMILES string of the molecule is CCCCCCCCCCC/C=C/C(O)C(COP(=O)([O-])OCC[N+](C)(C)C)NC(=O)CCCCCCCCCCCCCCCCCCCCCCCCCCCCCCCCC. The van der Waals surface area contributed by atoms with E-state index in [0.717, 1.165) is 38.5 Å². The van der Waals surface area contributed by atoms with Crippen molar-refractivity contribution in [3.8, 4) is 0 Å². The number of nitrogens with zero attached hydrogens (tertiary/aromatic N) is 1. The smallest absolute Gasteiger partial charge is 0.268 e. The van der Waals surface area contributed by atoms with Crippen LogP contribution in [0.2, 0.25) is 0 Å². The number of carbonyl (C=O) groups is 1. The maximum absolute atomic E-state index is 12.9. The monoisotopic (exact) mass is 927 g/mol. The summed E-state index contributed by atoms with van der Waals surface area (Å²) in [6.07, 6.45) is 57.3. The Balaban J connectivity index is 3.95. The summed E-state index contributed by atoms with van der Waals surface area (Å²) >= 11 is 0. The number of nitrogens with one attached hydrogen (secondary N) is 1. The number of likely N-dealkylation sites (N-methyl/N-ethyl adjacent to an activating group) is 1. The zero-order chi connectivity index (χ0) is 47.1. The van der Waals surface area contributed by atoms with Gasteiger partial charge in [-0.05, 0) is 19.3 Å². The quantitative estimate of drug-likeness (QED) is 0.0272. The molecule has 3 atom stereocenters. The fourth-order valence-electron chi connectivity index (χ4n) is 8.57. The van der Waals surface area contributed by atoms with Gasteiger partial charge in [0.1, 0.15) is 13.2 Å². The Morgan fingerprint density at radius 3 is 1.17 bits per heavy atom. The lowest BCUT2D eigenvalue weighted by Gasteiger charge is -2.29. The summed E-state index contributed by atoms with van der Waals surface area (Å²) in [6, 6.07) is -0.880. The van der Waals surface area contributed by atoms with Crippen molar-refractivity contribution in [1.29, 1.82) is 0 Å². The molecule has 0 aromatic heterocycles. The summed E-state index contributed by atoms with van der Waals surface area (Å²) < 4.78 is 23.2. The molecule has 0 aromatic carbocycles. The van der Waals surface area contributed by atoms with Crippen LogP contribution in [0.25, 0.3) is 0 Å². The summed E-state index contributed by atoms with van der Waals surface area (Å²) in [5.74, 6) is -0.193. The van der Waals surface area contributed by atoms with Gasteiger partial charge in [0, 0.05) is 6.42 Å². The fraction of sp³-hybridized carbons (Fsp3) is 0.945. The highest BCUT2D eigenvalue weighted by Crippen LogP contribution is 2.38. The molecule has 382 valence electrons. The maximum Gasteiger partial charge on any atom is 0.268 e. The van der Waals surface area contributed by atoms with Crippen LogP contribution in [-0.2, 0) is 18.4 Å². The van der Waals surface area contributed by atoms with Gasteiger partial charge in [0.25, 0.3) is 7.82 Å². The molecule has 8 nitrogen and oxygen atoms in total. The minimum absolute atomic E-state index is 0.00218. The Bertz CT molecular complexity index is 1050. The number of quaternary nitrogens is 1. The molecule has 0 saturated carbocycles. The van der Waals surface area contributed by atoms with Gasteiger partial charge in [0.05, 0.1) is 39.9 Å². The van der Waals surface area contributed by atoms with Crippen molar-refractivity contribution in [1.82, 2.24) is 5.32 Å². The topological polar surface area (TPSA) is 108 Å². The molecule has 1 amide bonds. The summed E-state index contributed by atoms with van der Waals surface area (Å²) in [7, 11) is 1.27. The highest BCUT2D eigenvalue weighted by atomic mass is 31.2. The third-order valence-corrected chi connectivity index (χ3v) is 14.0. The molecule has 2 N–H and O–H groups in total. The number of hydrogen-bond acceptors (Lipinski definition) is 6. The van der Waals surface area contributed by atoms with E-state index in [1.54, 1.807) is 6.08 Å². The third kappa shape index (κ3) is 49.2. The molecule has 0 aromatic rings. The summed E-state index contributed by atoms with van der Waals surface area (Å²) in [4.78, 5) is 25.4. The Hall–Kier alpha value is -0.760. The van der Waals surface area contributed by atoms with Gasteiger partial charge in [-0.3, -0.25) is 9.36 Å². The number of phosphoric acid groups is 1. The molecule has 0 fully saturated rings. The molecule has 0 aliphatic heterocycles. The predicted octanol–water partition coefficient (Wildman–Crippen LogP) is 16.0. The third-order valence-electron chi connectivity index (χ3n) is 13.0. The number of amides is 1. The first kappa shape index (κ1) is 63.2. The van der Waals surface area contributed by atoms with Crippen LogP contribution in [0.1, 0.15) is 284 Å². The summed E-state index contributed by atoms with van der Waals surface area (Å²) in [5, 5.41) is 13.8. The number of hydrogen-bond donors (Lipinski definition) is 2. The van der Waals surface area contributed by atoms with Crippen LogP contribution in [0, 0.1) is 0 Å². The summed E-state index contributed by atoms with van der Waals surface area (Å²) in [6.45, 7) is 4.67. The van der Waals surface area contributed by atoms with Gasteiger partial charge in [-0.1, -0.05) is 270 Å². The number of unbranched alkanes of at least 4 members (excludes halogenated alkanes) is 39. The molecule has 0 aliphatic rings. The molecule has 0 spiro atoms. The van der Waals surface area contributed by atoms with E-state index in [9.17, 15) is 19.4 Å². The largest absolute Gasteiger partial charge is 0.756 e. The molecule has 0 radical (unpaired) electrons. The molecule has 0 aliphatic carbocycles. The molecule has 0 saturated heterocycles. The minimum Gasteiger partial charge on any atom is -0.756 e. The zero-order valence-corrected chi connectivity index (χ0v) is 44.4. The predicted molar refractivity (Wildman–Crippen MR) is 275 cm³/mol. The van der Waals surface area contributed by atoms with Crippen molar-refractivity contribution in [3.63, 3.8) is 0 Å². The standard InChI is InChI=1S/C55H111N2O6P/c1-6-8-10-12-14-16-18-19-20-21-22-23-24-25-26-27-28-29-30-31-32-33-34-35-36-37-39-41-43-45-47-49-55(59)56-53(52-63-64(60,61)62-51-50-57(3,4)5)54(58)48-46-44-42-40-38-17-15-13-11-9-7-2/h46,48,53-54,58H,6-45,47,49-52H2,1-5H3,(H-,56,59,60,61)/b48-46+. The Kier molecular flexibility index (Phi) is 46.8. The molecule has 0 heterocycles. The molecule has 0 rings (SSSR count). The highest BCUT2D eigenvalue weighted by molar-refractivity contribution is 7.45. The van der Waals surface area contributed by atoms with Crippen LogP contribution in [0.5, 0.6) is 0 Å². The van der Waals surface area contributed by atoms with E-state index in [2.05, 4.69) is 19.2 Å². The number of allylic oxidation sites excluding steroid dienone is 1. The molecular weight excluding hydrogens is 816 g/mol. The Morgan fingerprint density at radius 2 is 0.844 bits per heavy atom. The van der Waals surface area contributed by atoms with Gasteiger partial charge in [-0.25, -0.2) is 0 Å². The first-order valence-electron chi connectivity index (χ1n) is 28.1. The zero-order valence-electron chi connectivity index (χ0n) is 43.5. The van der Waals surface area contributed by atoms with Crippen molar-refractivity contribution >= 4 is 13.7 Å². The number of aliphatic hydroxyl groups excluding tert-OH is 1. The first-order valence-corrected chi connectivity index (χ1v) is 29.5. The second-order valence-corrected chi connectivity index (χ2v) is 22.1. The van der Waals surface area contributed by atoms with Crippen LogP contribution in [0.3, 0.4) is 0 Å². The van der Waals surface area contributed by atoms with E-state index in [0.29, 0.717) is 17.4 Å². The van der Waals surface area contributed by atoms with Gasteiger partial charge >= 0.3 is 0 Å². The lowest BCUT2D eigenvalue weighted by molar-refractivity contribution is -0.870. The second kappa shape index (κ2) is 47.3. The van der Waals surface area contributed by atoms with E-state index in [1.165, 1.54) is 225 Å². The van der Waals surface area contributed by atoms with E-state index in [4.69, 9.17) is 9.05 Å². The average molecular weight is 927 g/mol. The average Bonchev–Trinajstić information content (AvgIpc) is 3.25. The van der Waals surface area contributed by atoms with E-state index < -0.39 is 20.0 Å². The van der Waals surface area contributed by atoms with Gasteiger partial charge in [0.2, 0.25) is 5.91 Å². The van der Waals surface area contributed by atoms with Crippen LogP contribution in [-0.4, -0.2) is 68.5 Å². The summed E-state index contributed by atoms with van der Waals surface area (Å²) in [5.41, 5.74) is 0. The normalized spacial score (nSPS) is 14.0. The molecule has 3 unspecified atom stereocenters. The van der Waals surface area contributed by atoms with Gasteiger partial charge < -0.3 is 28.8 Å². The molecule has 0 bridgehead atoms. The first-order chi connectivity index (χ1) is 31.0. The van der Waals surface area contributed by atoms with Crippen molar-refractivity contribution in [3.05, 3.63) is 12.2 Å². The Labute approximate surface area is 399 Å². The van der Waals surface area contributed by atoms with Crippen LogP contribution in [0.4, 0.5) is 0 Å². The number of rotatable bonds is 52. The number of carbonyl (C=O) groups excluding carboxylic acids is 1. The fourth-order valence-corrected chi connectivity index (χ4v) is 9.29. The van der Waals surface area contributed by atoms with Crippen LogP contribution in [0.15, 0.2) is 12.2 Å². The Morgan fingerprint density at radius 1 is 0.531 bits per heavy atom. The highest BCUT2D eigenvalue weighted by Gasteiger charge is 2.23. The van der Waals surface area contributed by atoms with Crippen LogP contribution >= 0.6 is 7.82 Å². The van der Waals surface area contributed by atoms with E-state index >= 15 is 0 Å². The lowest BCUT2D eigenvalue weighted by atomic mass is 10.0. The van der Waals surface area contributed by atoms with Gasteiger partial charge in [-0.15, -0.1) is 0 Å². The minimum atomic E-state index is -4.58. The second-order valence-electron chi connectivity index (χ2n) is 20.7. The van der Waals surface area contributed by atoms with Crippen LogP contribution < -0.4 is 10.2 Å². The van der Waals surface area contributed by atoms with Gasteiger partial charge in [-0.2, -0.15) is 0 Å². The van der Waals surface area contributed by atoms with Crippen molar-refractivity contribution < 1.29 is 32.9 Å².